The highest BCUT2D eigenvalue weighted by Crippen LogP contribution is 2.36. The summed E-state index contributed by atoms with van der Waals surface area (Å²) < 4.78 is 0.378. The Labute approximate surface area is 140 Å². The van der Waals surface area contributed by atoms with Crippen LogP contribution in [0.2, 0.25) is 0 Å². The number of carbonyl (C=O) groups excluding carboxylic acids is 2. The van der Waals surface area contributed by atoms with Crippen LogP contribution in [0.3, 0.4) is 0 Å². The lowest BCUT2D eigenvalue weighted by Crippen LogP contribution is -2.28. The quantitative estimate of drug-likeness (QED) is 0.631. The van der Waals surface area contributed by atoms with E-state index in [1.54, 1.807) is 18.2 Å². The number of carbonyl (C=O) groups is 2. The molecule has 2 heterocycles. The van der Waals surface area contributed by atoms with Gasteiger partial charge in [0, 0.05) is 4.88 Å². The Kier molecular flexibility index (Phi) is 4.10. The molecule has 0 spiro atoms. The predicted molar refractivity (Wildman–Crippen MR) is 90.7 cm³/mol. The Morgan fingerprint density at radius 2 is 2.09 bits per heavy atom. The fraction of sp³-hybridized carbons (Fsp3) is 0. The third kappa shape index (κ3) is 2.83. The van der Waals surface area contributed by atoms with E-state index >= 15 is 0 Å². The first kappa shape index (κ1) is 15.0. The molecular formula is C15H8NO3S3-. The van der Waals surface area contributed by atoms with Crippen LogP contribution in [0.25, 0.3) is 6.08 Å². The van der Waals surface area contributed by atoms with Gasteiger partial charge in [-0.15, -0.1) is 11.3 Å². The smallest absolute Gasteiger partial charge is 0.270 e. The number of hydrogen-bond donors (Lipinski definition) is 0. The lowest BCUT2D eigenvalue weighted by atomic mass is 10.2. The minimum atomic E-state index is -1.29. The average Bonchev–Trinajstić information content (AvgIpc) is 3.08. The van der Waals surface area contributed by atoms with Gasteiger partial charge in [0.2, 0.25) is 0 Å². The monoisotopic (exact) mass is 346 g/mol. The van der Waals surface area contributed by atoms with E-state index in [0.717, 1.165) is 4.88 Å². The Bertz CT molecular complexity index is 796. The zero-order valence-electron chi connectivity index (χ0n) is 11.0. The lowest BCUT2D eigenvalue weighted by Gasteiger charge is -2.15. The molecule has 1 saturated heterocycles. The maximum absolute atomic E-state index is 12.5. The lowest BCUT2D eigenvalue weighted by molar-refractivity contribution is -0.255. The summed E-state index contributed by atoms with van der Waals surface area (Å²) in [7, 11) is 0. The fourth-order valence-corrected chi connectivity index (χ4v) is 3.99. The van der Waals surface area contributed by atoms with Gasteiger partial charge in [0.1, 0.15) is 0 Å². The number of thioether (sulfide) groups is 1. The van der Waals surface area contributed by atoms with Gasteiger partial charge in [0.05, 0.1) is 16.6 Å². The minimum Gasteiger partial charge on any atom is -0.545 e. The van der Waals surface area contributed by atoms with Crippen molar-refractivity contribution in [3.8, 4) is 0 Å². The van der Waals surface area contributed by atoms with Crippen molar-refractivity contribution >= 4 is 63.3 Å². The SMILES string of the molecule is O=C([O-])c1cccc(N2C(=O)/C(=C\c3cccs3)SC2=S)c1. The molecule has 22 heavy (non-hydrogen) atoms. The van der Waals surface area contributed by atoms with E-state index < -0.39 is 5.97 Å². The van der Waals surface area contributed by atoms with Gasteiger partial charge < -0.3 is 9.90 Å². The van der Waals surface area contributed by atoms with Gasteiger partial charge in [-0.25, -0.2) is 0 Å². The molecule has 0 saturated carbocycles. The van der Waals surface area contributed by atoms with Gasteiger partial charge in [0.25, 0.3) is 5.91 Å². The highest BCUT2D eigenvalue weighted by atomic mass is 32.2. The Hall–Kier alpha value is -1.96. The van der Waals surface area contributed by atoms with Crippen molar-refractivity contribution in [2.45, 2.75) is 0 Å². The normalized spacial score (nSPS) is 16.5. The number of nitrogens with zero attached hydrogens (tertiary/aromatic N) is 1. The number of aromatic carboxylic acids is 1. The zero-order chi connectivity index (χ0) is 15.7. The zero-order valence-corrected chi connectivity index (χ0v) is 13.5. The largest absolute Gasteiger partial charge is 0.545 e. The molecule has 0 unspecified atom stereocenters. The van der Waals surface area contributed by atoms with E-state index in [9.17, 15) is 14.7 Å². The predicted octanol–water partition coefficient (Wildman–Crippen LogP) is 2.52. The number of amides is 1. The van der Waals surface area contributed by atoms with E-state index in [-0.39, 0.29) is 11.5 Å². The maximum Gasteiger partial charge on any atom is 0.270 e. The molecule has 0 N–H and O–H groups in total. The molecule has 4 nitrogen and oxygen atoms in total. The topological polar surface area (TPSA) is 60.4 Å². The van der Waals surface area contributed by atoms with E-state index in [0.29, 0.717) is 14.9 Å². The average molecular weight is 346 g/mol. The molecule has 1 aliphatic rings. The summed E-state index contributed by atoms with van der Waals surface area (Å²) in [5.41, 5.74) is 0.438. The van der Waals surface area contributed by atoms with E-state index in [2.05, 4.69) is 0 Å². The number of benzene rings is 1. The highest BCUT2D eigenvalue weighted by molar-refractivity contribution is 8.27. The van der Waals surface area contributed by atoms with Crippen LogP contribution < -0.4 is 10.0 Å². The van der Waals surface area contributed by atoms with E-state index in [4.69, 9.17) is 12.2 Å². The number of anilines is 1. The van der Waals surface area contributed by atoms with Crippen LogP contribution >= 0.6 is 35.3 Å². The molecule has 3 rings (SSSR count). The summed E-state index contributed by atoms with van der Waals surface area (Å²) in [6.07, 6.45) is 1.78. The molecule has 110 valence electrons. The number of carboxylic acid groups (broad SMARTS) is 1. The molecule has 1 aromatic heterocycles. The standard InChI is InChI=1S/C15H9NO3S3/c17-13-12(8-11-5-2-6-21-11)22-15(20)16(13)10-4-1-3-9(7-10)14(18)19/h1-8H,(H,18,19)/p-1/b12-8+. The number of thiophene rings is 1. The third-order valence-electron chi connectivity index (χ3n) is 2.95. The Morgan fingerprint density at radius 3 is 2.77 bits per heavy atom. The van der Waals surface area contributed by atoms with Gasteiger partial charge in [-0.1, -0.05) is 42.2 Å². The molecule has 1 amide bonds. The Morgan fingerprint density at radius 1 is 1.27 bits per heavy atom. The van der Waals surface area contributed by atoms with Crippen LogP contribution in [0.15, 0.2) is 46.7 Å². The first-order valence-corrected chi connectivity index (χ1v) is 8.29. The van der Waals surface area contributed by atoms with Crippen molar-refractivity contribution < 1.29 is 14.7 Å². The van der Waals surface area contributed by atoms with Crippen molar-refractivity contribution in [1.29, 1.82) is 0 Å². The summed E-state index contributed by atoms with van der Waals surface area (Å²) in [6.45, 7) is 0. The van der Waals surface area contributed by atoms with Crippen LogP contribution in [0.5, 0.6) is 0 Å². The van der Waals surface area contributed by atoms with Crippen LogP contribution in [0.4, 0.5) is 5.69 Å². The van der Waals surface area contributed by atoms with Gasteiger partial charge in [-0.05, 0) is 35.2 Å². The second-order valence-corrected chi connectivity index (χ2v) is 7.03. The van der Waals surface area contributed by atoms with Gasteiger partial charge in [-0.3, -0.25) is 9.69 Å². The molecule has 7 heteroatoms. The molecule has 1 fully saturated rings. The molecule has 0 radical (unpaired) electrons. The van der Waals surface area contributed by atoms with Crippen LogP contribution in [0, 0.1) is 0 Å². The molecular weight excluding hydrogens is 338 g/mol. The number of rotatable bonds is 3. The second-order valence-electron chi connectivity index (χ2n) is 4.37. The molecule has 0 bridgehead atoms. The summed E-state index contributed by atoms with van der Waals surface area (Å²) in [6, 6.07) is 9.81. The van der Waals surface area contributed by atoms with E-state index in [1.165, 1.54) is 40.1 Å². The Balaban J connectivity index is 1.95. The molecule has 2 aromatic rings. The van der Waals surface area contributed by atoms with Crippen molar-refractivity contribution in [1.82, 2.24) is 0 Å². The first-order chi connectivity index (χ1) is 10.6. The van der Waals surface area contributed by atoms with Gasteiger partial charge >= 0.3 is 0 Å². The van der Waals surface area contributed by atoms with Crippen LogP contribution in [0.1, 0.15) is 15.2 Å². The summed E-state index contributed by atoms with van der Waals surface area (Å²) >= 11 is 7.98. The van der Waals surface area contributed by atoms with Crippen molar-refractivity contribution in [2.24, 2.45) is 0 Å². The summed E-state index contributed by atoms with van der Waals surface area (Å²) in [5, 5.41) is 12.9. The van der Waals surface area contributed by atoms with Crippen molar-refractivity contribution in [3.05, 3.63) is 57.1 Å². The van der Waals surface area contributed by atoms with Gasteiger partial charge in [0.15, 0.2) is 4.32 Å². The third-order valence-corrected chi connectivity index (χ3v) is 5.07. The number of thiocarbonyl (C=S) groups is 1. The molecule has 1 aromatic carbocycles. The summed E-state index contributed by atoms with van der Waals surface area (Å²) in [5.74, 6) is -1.54. The summed E-state index contributed by atoms with van der Waals surface area (Å²) in [4.78, 5) is 26.3. The maximum atomic E-state index is 12.5. The van der Waals surface area contributed by atoms with Gasteiger partial charge in [-0.2, -0.15) is 0 Å². The molecule has 0 aliphatic carbocycles. The molecule has 0 atom stereocenters. The van der Waals surface area contributed by atoms with Crippen molar-refractivity contribution in [2.75, 3.05) is 4.90 Å². The molecule has 1 aliphatic heterocycles. The fourth-order valence-electron chi connectivity index (χ4n) is 1.96. The highest BCUT2D eigenvalue weighted by Gasteiger charge is 2.33. The van der Waals surface area contributed by atoms with Crippen LogP contribution in [-0.4, -0.2) is 16.2 Å². The second kappa shape index (κ2) is 6.04. The van der Waals surface area contributed by atoms with Crippen molar-refractivity contribution in [3.63, 3.8) is 0 Å². The first-order valence-electron chi connectivity index (χ1n) is 6.19. The minimum absolute atomic E-state index is 0.00814. The van der Waals surface area contributed by atoms with E-state index in [1.807, 2.05) is 17.5 Å². The number of carboxylic acids is 1. The van der Waals surface area contributed by atoms with Crippen LogP contribution in [-0.2, 0) is 4.79 Å². The number of hydrogen-bond acceptors (Lipinski definition) is 6.